The van der Waals surface area contributed by atoms with Crippen molar-refractivity contribution in [2.75, 3.05) is 11.9 Å². The summed E-state index contributed by atoms with van der Waals surface area (Å²) in [6.45, 7) is 3.31. The highest BCUT2D eigenvalue weighted by Gasteiger charge is 2.31. The Morgan fingerprint density at radius 3 is 2.60 bits per heavy atom. The van der Waals surface area contributed by atoms with Gasteiger partial charge in [-0.3, -0.25) is 4.79 Å². The smallest absolute Gasteiger partial charge is 0.319 e. The summed E-state index contributed by atoms with van der Waals surface area (Å²) >= 11 is 3.01. The molecule has 0 saturated carbocycles. The number of nitrogens with one attached hydrogen (secondary N) is 2. The van der Waals surface area contributed by atoms with Gasteiger partial charge in [0.05, 0.1) is 9.89 Å². The van der Waals surface area contributed by atoms with Gasteiger partial charge in [0.1, 0.15) is 5.82 Å². The molecule has 7 heteroatoms. The van der Waals surface area contributed by atoms with Gasteiger partial charge < -0.3 is 15.7 Å². The molecule has 20 heavy (non-hydrogen) atoms. The van der Waals surface area contributed by atoms with Crippen LogP contribution in [0.4, 0.5) is 14.9 Å². The number of urea groups is 1. The highest BCUT2D eigenvalue weighted by molar-refractivity contribution is 9.10. The summed E-state index contributed by atoms with van der Waals surface area (Å²) in [4.78, 5) is 22.8. The molecule has 0 aliphatic carbocycles. The fourth-order valence-corrected chi connectivity index (χ4v) is 1.76. The Morgan fingerprint density at radius 1 is 1.45 bits per heavy atom. The molecule has 110 valence electrons. The lowest BCUT2D eigenvalue weighted by Gasteiger charge is -2.23. The van der Waals surface area contributed by atoms with E-state index in [-0.39, 0.29) is 11.0 Å². The molecule has 0 saturated heterocycles. The fourth-order valence-electron chi connectivity index (χ4n) is 1.38. The zero-order valence-corrected chi connectivity index (χ0v) is 12.8. The molecule has 1 rings (SSSR count). The van der Waals surface area contributed by atoms with Gasteiger partial charge in [0.2, 0.25) is 0 Å². The molecule has 2 amide bonds. The van der Waals surface area contributed by atoms with E-state index in [4.69, 9.17) is 5.11 Å². The summed E-state index contributed by atoms with van der Waals surface area (Å²) in [5.74, 6) is -1.40. The van der Waals surface area contributed by atoms with Crippen molar-refractivity contribution in [1.82, 2.24) is 5.32 Å². The fraction of sp³-hybridized carbons (Fsp3) is 0.385. The number of carboxylic acid groups (broad SMARTS) is 1. The lowest BCUT2D eigenvalue weighted by Crippen LogP contribution is -2.42. The first kappa shape index (κ1) is 16.4. The minimum atomic E-state index is -1.01. The molecular formula is C13H16BrFN2O3. The first-order chi connectivity index (χ1) is 9.28. The van der Waals surface area contributed by atoms with Crippen molar-refractivity contribution < 1.29 is 19.1 Å². The topological polar surface area (TPSA) is 78.4 Å². The van der Waals surface area contributed by atoms with Gasteiger partial charge in [0.15, 0.2) is 0 Å². The molecule has 3 N–H and O–H groups in total. The van der Waals surface area contributed by atoms with Crippen LogP contribution in [0.3, 0.4) is 0 Å². The van der Waals surface area contributed by atoms with Crippen molar-refractivity contribution in [3.63, 3.8) is 0 Å². The number of amides is 2. The van der Waals surface area contributed by atoms with Crippen LogP contribution in [0.15, 0.2) is 22.7 Å². The Labute approximate surface area is 124 Å². The quantitative estimate of drug-likeness (QED) is 0.765. The number of anilines is 1. The van der Waals surface area contributed by atoms with Crippen molar-refractivity contribution in [2.24, 2.45) is 5.41 Å². The van der Waals surface area contributed by atoms with Gasteiger partial charge in [-0.15, -0.1) is 0 Å². The number of rotatable bonds is 5. The second-order valence-electron chi connectivity index (χ2n) is 4.66. The van der Waals surface area contributed by atoms with Crippen LogP contribution in [0.25, 0.3) is 0 Å². The number of carboxylic acids is 1. The zero-order chi connectivity index (χ0) is 15.3. The lowest BCUT2D eigenvalue weighted by atomic mass is 9.88. The Balaban J connectivity index is 2.60. The van der Waals surface area contributed by atoms with Crippen molar-refractivity contribution in [3.8, 4) is 0 Å². The molecule has 0 heterocycles. The molecule has 1 aromatic carbocycles. The van der Waals surface area contributed by atoms with Gasteiger partial charge in [0, 0.05) is 12.2 Å². The highest BCUT2D eigenvalue weighted by atomic mass is 79.9. The molecule has 1 atom stereocenters. The summed E-state index contributed by atoms with van der Waals surface area (Å²) in [6, 6.07) is 3.51. The minimum Gasteiger partial charge on any atom is -0.481 e. The van der Waals surface area contributed by atoms with Crippen molar-refractivity contribution in [2.45, 2.75) is 20.3 Å². The Kier molecular flexibility index (Phi) is 5.50. The molecule has 1 aromatic rings. The number of carbonyl (C=O) groups excluding carboxylic acids is 1. The summed E-state index contributed by atoms with van der Waals surface area (Å²) in [5.41, 5.74) is -0.606. The van der Waals surface area contributed by atoms with E-state index in [0.717, 1.165) is 0 Å². The van der Waals surface area contributed by atoms with Crippen LogP contribution in [-0.4, -0.2) is 23.7 Å². The van der Waals surface area contributed by atoms with Crippen molar-refractivity contribution >= 4 is 33.6 Å². The molecular weight excluding hydrogens is 331 g/mol. The molecule has 0 bridgehead atoms. The summed E-state index contributed by atoms with van der Waals surface area (Å²) in [5, 5.41) is 14.1. The van der Waals surface area contributed by atoms with Crippen LogP contribution in [0.1, 0.15) is 20.3 Å². The second-order valence-corrected chi connectivity index (χ2v) is 5.51. The van der Waals surface area contributed by atoms with Gasteiger partial charge in [-0.1, -0.05) is 6.92 Å². The lowest BCUT2D eigenvalue weighted by molar-refractivity contribution is -0.147. The molecule has 0 aromatic heterocycles. The Bertz CT molecular complexity index is 524. The van der Waals surface area contributed by atoms with E-state index in [1.54, 1.807) is 13.8 Å². The molecule has 1 unspecified atom stereocenters. The van der Waals surface area contributed by atoms with Crippen LogP contribution in [0, 0.1) is 11.2 Å². The van der Waals surface area contributed by atoms with E-state index in [0.29, 0.717) is 12.1 Å². The maximum absolute atomic E-state index is 13.0. The first-order valence-electron chi connectivity index (χ1n) is 6.02. The average molecular weight is 347 g/mol. The molecule has 0 fully saturated rings. The summed E-state index contributed by atoms with van der Waals surface area (Å²) < 4.78 is 13.3. The van der Waals surface area contributed by atoms with Crippen molar-refractivity contribution in [1.29, 1.82) is 0 Å². The zero-order valence-electron chi connectivity index (χ0n) is 11.2. The predicted octanol–water partition coefficient (Wildman–Crippen LogP) is 3.21. The maximum atomic E-state index is 13.0. The van der Waals surface area contributed by atoms with Crippen LogP contribution in [-0.2, 0) is 4.79 Å². The summed E-state index contributed by atoms with van der Waals surface area (Å²) in [7, 11) is 0. The number of benzene rings is 1. The van der Waals surface area contributed by atoms with Gasteiger partial charge in [0.25, 0.3) is 0 Å². The maximum Gasteiger partial charge on any atom is 0.319 e. The van der Waals surface area contributed by atoms with E-state index >= 15 is 0 Å². The third-order valence-electron chi connectivity index (χ3n) is 3.11. The minimum absolute atomic E-state index is 0.00698. The molecule has 0 radical (unpaired) electrons. The number of hydrogen-bond donors (Lipinski definition) is 3. The Morgan fingerprint density at radius 2 is 2.10 bits per heavy atom. The van der Waals surface area contributed by atoms with Gasteiger partial charge in [-0.05, 0) is 47.5 Å². The van der Waals surface area contributed by atoms with Crippen LogP contribution in [0.2, 0.25) is 0 Å². The standard InChI is InChI=1S/C13H16BrFN2O3/c1-3-13(2,11(18)19)7-16-12(20)17-8-4-5-10(15)9(14)6-8/h4-6H,3,7H2,1-2H3,(H,18,19)(H2,16,17,20). The highest BCUT2D eigenvalue weighted by Crippen LogP contribution is 2.21. The number of halogens is 2. The van der Waals surface area contributed by atoms with E-state index in [2.05, 4.69) is 26.6 Å². The molecule has 0 spiro atoms. The van der Waals surface area contributed by atoms with Crippen molar-refractivity contribution in [3.05, 3.63) is 28.5 Å². The van der Waals surface area contributed by atoms with Gasteiger partial charge >= 0.3 is 12.0 Å². The largest absolute Gasteiger partial charge is 0.481 e. The molecule has 0 aliphatic heterocycles. The van der Waals surface area contributed by atoms with E-state index in [1.807, 2.05) is 0 Å². The molecule has 5 nitrogen and oxygen atoms in total. The van der Waals surface area contributed by atoms with Crippen LogP contribution in [0.5, 0.6) is 0 Å². The van der Waals surface area contributed by atoms with E-state index < -0.39 is 23.2 Å². The SMILES string of the molecule is CCC(C)(CNC(=O)Nc1ccc(F)c(Br)c1)C(=O)O. The van der Waals surface area contributed by atoms with Gasteiger partial charge in [-0.2, -0.15) is 0 Å². The van der Waals surface area contributed by atoms with Crippen LogP contribution >= 0.6 is 15.9 Å². The molecule has 0 aliphatic rings. The van der Waals surface area contributed by atoms with E-state index in [9.17, 15) is 14.0 Å². The first-order valence-corrected chi connectivity index (χ1v) is 6.81. The average Bonchev–Trinajstić information content (AvgIpc) is 2.40. The monoisotopic (exact) mass is 346 g/mol. The third-order valence-corrected chi connectivity index (χ3v) is 3.72. The number of hydrogen-bond acceptors (Lipinski definition) is 2. The number of aliphatic carboxylic acids is 1. The number of carbonyl (C=O) groups is 2. The third kappa shape index (κ3) is 4.19. The summed E-state index contributed by atoms with van der Waals surface area (Å²) in [6.07, 6.45) is 0.394. The Hall–Kier alpha value is -1.63. The predicted molar refractivity (Wildman–Crippen MR) is 77.2 cm³/mol. The van der Waals surface area contributed by atoms with Crippen LogP contribution < -0.4 is 10.6 Å². The van der Waals surface area contributed by atoms with Gasteiger partial charge in [-0.25, -0.2) is 9.18 Å². The normalized spacial score (nSPS) is 13.4. The second kappa shape index (κ2) is 6.69. The van der Waals surface area contributed by atoms with E-state index in [1.165, 1.54) is 18.2 Å².